The third kappa shape index (κ3) is 3.78. The van der Waals surface area contributed by atoms with Crippen LogP contribution in [0.4, 0.5) is 10.8 Å². The highest BCUT2D eigenvalue weighted by molar-refractivity contribution is 7.88. The van der Waals surface area contributed by atoms with E-state index >= 15 is 0 Å². The van der Waals surface area contributed by atoms with Crippen LogP contribution in [0.2, 0.25) is 0 Å². The Bertz CT molecular complexity index is 940. The van der Waals surface area contributed by atoms with Gasteiger partial charge in [-0.25, -0.2) is 13.4 Å². The highest BCUT2D eigenvalue weighted by atomic mass is 32.2. The summed E-state index contributed by atoms with van der Waals surface area (Å²) in [5.74, 6) is -0.432. The number of amides is 1. The van der Waals surface area contributed by atoms with Crippen LogP contribution in [0.1, 0.15) is 19.3 Å². The number of piperidine rings is 1. The average Bonchev–Trinajstić information content (AvgIpc) is 2.95. The van der Waals surface area contributed by atoms with E-state index < -0.39 is 26.9 Å². The van der Waals surface area contributed by atoms with Crippen molar-refractivity contribution in [2.75, 3.05) is 18.1 Å². The molecule has 0 saturated carbocycles. The van der Waals surface area contributed by atoms with Gasteiger partial charge in [0.25, 0.3) is 5.69 Å². The molecule has 1 aromatic carbocycles. The lowest BCUT2D eigenvalue weighted by atomic mass is 10.0. The predicted octanol–water partition coefficient (Wildman–Crippen LogP) is 1.96. The van der Waals surface area contributed by atoms with Crippen molar-refractivity contribution in [1.29, 1.82) is 0 Å². The number of nitrogens with one attached hydrogen (secondary N) is 1. The summed E-state index contributed by atoms with van der Waals surface area (Å²) < 4.78 is 25.5. The van der Waals surface area contributed by atoms with Gasteiger partial charge in [0.2, 0.25) is 15.9 Å². The quantitative estimate of drug-likeness (QED) is 0.635. The monoisotopic (exact) mass is 384 g/mol. The molecule has 1 atom stereocenters. The number of anilines is 1. The van der Waals surface area contributed by atoms with E-state index in [2.05, 4.69) is 10.3 Å². The first-order chi connectivity index (χ1) is 11.8. The summed E-state index contributed by atoms with van der Waals surface area (Å²) in [5.41, 5.74) is 0.485. The zero-order valence-electron chi connectivity index (χ0n) is 13.3. The van der Waals surface area contributed by atoms with Gasteiger partial charge in [0, 0.05) is 18.7 Å². The topological polar surface area (TPSA) is 123 Å². The Kier molecular flexibility index (Phi) is 4.71. The summed E-state index contributed by atoms with van der Waals surface area (Å²) in [7, 11) is -3.47. The Morgan fingerprint density at radius 2 is 2.20 bits per heavy atom. The Morgan fingerprint density at radius 1 is 1.44 bits per heavy atom. The smallest absolute Gasteiger partial charge is 0.270 e. The van der Waals surface area contributed by atoms with Gasteiger partial charge in [-0.1, -0.05) is 17.8 Å². The van der Waals surface area contributed by atoms with E-state index in [0.29, 0.717) is 28.3 Å². The third-order valence-electron chi connectivity index (χ3n) is 4.00. The molecule has 0 bridgehead atoms. The number of non-ortho nitro benzene ring substituents is 1. The number of nitrogens with zero attached hydrogens (tertiary/aromatic N) is 3. The van der Waals surface area contributed by atoms with Crippen molar-refractivity contribution in [3.63, 3.8) is 0 Å². The predicted molar refractivity (Wildman–Crippen MR) is 94.1 cm³/mol. The van der Waals surface area contributed by atoms with Gasteiger partial charge >= 0.3 is 0 Å². The molecule has 1 aliphatic rings. The zero-order valence-corrected chi connectivity index (χ0v) is 15.0. The fourth-order valence-corrected chi connectivity index (χ4v) is 4.86. The number of nitro groups is 1. The van der Waals surface area contributed by atoms with E-state index in [1.165, 1.54) is 22.5 Å². The molecule has 2 aromatic rings. The molecule has 1 saturated heterocycles. The van der Waals surface area contributed by atoms with Gasteiger partial charge in [-0.05, 0) is 18.9 Å². The number of sulfonamides is 1. The Hall–Kier alpha value is -2.11. The number of hydrogen-bond acceptors (Lipinski definition) is 7. The minimum absolute atomic E-state index is 0.0513. The Morgan fingerprint density at radius 3 is 2.88 bits per heavy atom. The minimum atomic E-state index is -3.47. The van der Waals surface area contributed by atoms with Crippen molar-refractivity contribution in [1.82, 2.24) is 9.29 Å². The van der Waals surface area contributed by atoms with E-state index in [-0.39, 0.29) is 5.69 Å². The van der Waals surface area contributed by atoms with Crippen LogP contribution in [0, 0.1) is 10.1 Å². The van der Waals surface area contributed by atoms with Crippen LogP contribution < -0.4 is 5.32 Å². The van der Waals surface area contributed by atoms with E-state index in [1.54, 1.807) is 0 Å². The average molecular weight is 384 g/mol. The minimum Gasteiger partial charge on any atom is -0.301 e. The first kappa shape index (κ1) is 17.7. The summed E-state index contributed by atoms with van der Waals surface area (Å²) >= 11 is 1.11. The van der Waals surface area contributed by atoms with E-state index in [0.717, 1.165) is 30.4 Å². The fourth-order valence-electron chi connectivity index (χ4n) is 2.83. The maximum atomic E-state index is 12.5. The summed E-state index contributed by atoms with van der Waals surface area (Å²) in [6.45, 7) is 0.322. The van der Waals surface area contributed by atoms with Crippen molar-refractivity contribution < 1.29 is 18.1 Å². The first-order valence-corrected chi connectivity index (χ1v) is 10.2. The molecule has 25 heavy (non-hydrogen) atoms. The molecule has 2 heterocycles. The van der Waals surface area contributed by atoms with E-state index in [1.807, 2.05) is 0 Å². The lowest BCUT2D eigenvalue weighted by Crippen LogP contribution is -2.49. The van der Waals surface area contributed by atoms with Crippen LogP contribution in [0.15, 0.2) is 18.2 Å². The summed E-state index contributed by atoms with van der Waals surface area (Å²) in [6.07, 6.45) is 3.04. The molecule has 1 aliphatic heterocycles. The molecule has 1 unspecified atom stereocenters. The number of fused-ring (bicyclic) bond motifs is 1. The first-order valence-electron chi connectivity index (χ1n) is 7.58. The molecule has 9 nitrogen and oxygen atoms in total. The lowest BCUT2D eigenvalue weighted by molar-refractivity contribution is -0.384. The standard InChI is InChI=1S/C14H16N4O5S2/c1-25(22,23)17-7-3-2-4-11(17)13(19)16-14-15-10-6-5-9(18(20)21)8-12(10)24-14/h5-6,8,11H,2-4,7H2,1H3,(H,15,16,19). The van der Waals surface area contributed by atoms with Crippen molar-refractivity contribution in [2.45, 2.75) is 25.3 Å². The molecule has 11 heteroatoms. The zero-order chi connectivity index (χ0) is 18.2. The van der Waals surface area contributed by atoms with Crippen LogP contribution in [0.3, 0.4) is 0 Å². The highest BCUT2D eigenvalue weighted by Gasteiger charge is 2.34. The number of carbonyl (C=O) groups excluding carboxylic acids is 1. The van der Waals surface area contributed by atoms with Crippen LogP contribution >= 0.6 is 11.3 Å². The number of rotatable bonds is 4. The molecule has 1 aromatic heterocycles. The van der Waals surface area contributed by atoms with Gasteiger partial charge in [-0.3, -0.25) is 14.9 Å². The van der Waals surface area contributed by atoms with E-state index in [4.69, 9.17) is 0 Å². The molecule has 1 fully saturated rings. The summed E-state index contributed by atoms with van der Waals surface area (Å²) in [6, 6.07) is 3.50. The number of nitro benzene ring substituents is 1. The molecular formula is C14H16N4O5S2. The van der Waals surface area contributed by atoms with Crippen LogP contribution in [0.5, 0.6) is 0 Å². The van der Waals surface area contributed by atoms with Crippen molar-refractivity contribution in [3.8, 4) is 0 Å². The largest absolute Gasteiger partial charge is 0.301 e. The number of thiazole rings is 1. The summed E-state index contributed by atoms with van der Waals surface area (Å²) in [5, 5.41) is 13.8. The molecular weight excluding hydrogens is 368 g/mol. The van der Waals surface area contributed by atoms with Gasteiger partial charge in [0.1, 0.15) is 6.04 Å². The van der Waals surface area contributed by atoms with Gasteiger partial charge in [-0.2, -0.15) is 4.31 Å². The molecule has 0 radical (unpaired) electrons. The van der Waals surface area contributed by atoms with Gasteiger partial charge in [0.15, 0.2) is 5.13 Å². The normalized spacial score (nSPS) is 19.0. The van der Waals surface area contributed by atoms with Gasteiger partial charge in [0.05, 0.1) is 21.4 Å². The third-order valence-corrected chi connectivity index (χ3v) is 6.22. The Labute approximate surface area is 147 Å². The molecule has 3 rings (SSSR count). The van der Waals surface area contributed by atoms with Gasteiger partial charge < -0.3 is 5.32 Å². The van der Waals surface area contributed by atoms with E-state index in [9.17, 15) is 23.3 Å². The number of benzene rings is 1. The molecule has 0 spiro atoms. The van der Waals surface area contributed by atoms with Crippen molar-refractivity contribution >= 4 is 48.3 Å². The second kappa shape index (κ2) is 6.65. The number of aromatic nitrogens is 1. The van der Waals surface area contributed by atoms with Crippen LogP contribution in [0.25, 0.3) is 10.2 Å². The summed E-state index contributed by atoms with van der Waals surface area (Å²) in [4.78, 5) is 27.1. The highest BCUT2D eigenvalue weighted by Crippen LogP contribution is 2.30. The van der Waals surface area contributed by atoms with Gasteiger partial charge in [-0.15, -0.1) is 0 Å². The number of hydrogen-bond donors (Lipinski definition) is 1. The van der Waals surface area contributed by atoms with Crippen LogP contribution in [-0.2, 0) is 14.8 Å². The van der Waals surface area contributed by atoms with Crippen molar-refractivity contribution in [3.05, 3.63) is 28.3 Å². The Balaban J connectivity index is 1.82. The molecule has 0 aliphatic carbocycles. The number of carbonyl (C=O) groups is 1. The molecule has 1 N–H and O–H groups in total. The lowest BCUT2D eigenvalue weighted by Gasteiger charge is -2.32. The molecule has 1 amide bonds. The SMILES string of the molecule is CS(=O)(=O)N1CCCCC1C(=O)Nc1nc2ccc([N+](=O)[O-])cc2s1. The maximum Gasteiger partial charge on any atom is 0.270 e. The second-order valence-electron chi connectivity index (χ2n) is 5.80. The fraction of sp³-hybridized carbons (Fsp3) is 0.429. The maximum absolute atomic E-state index is 12.5. The second-order valence-corrected chi connectivity index (χ2v) is 8.77. The van der Waals surface area contributed by atoms with Crippen molar-refractivity contribution in [2.24, 2.45) is 0 Å². The molecule has 134 valence electrons. The van der Waals surface area contributed by atoms with Crippen LogP contribution in [-0.4, -0.2) is 47.4 Å².